The van der Waals surface area contributed by atoms with Gasteiger partial charge in [0, 0.05) is 12.2 Å². The van der Waals surface area contributed by atoms with E-state index in [0.29, 0.717) is 23.7 Å². The summed E-state index contributed by atoms with van der Waals surface area (Å²) in [6, 6.07) is 14.0. The number of hydrogen-bond acceptors (Lipinski definition) is 3. The Morgan fingerprint density at radius 3 is 2.21 bits per heavy atom. The summed E-state index contributed by atoms with van der Waals surface area (Å²) in [5.41, 5.74) is 5.79. The summed E-state index contributed by atoms with van der Waals surface area (Å²) in [5.74, 6) is -0.0383. The van der Waals surface area contributed by atoms with Crippen LogP contribution >= 0.6 is 0 Å². The number of rotatable bonds is 6. The number of carbonyl (C=O) groups excluding carboxylic acids is 2. The Morgan fingerprint density at radius 2 is 1.64 bits per heavy atom. The lowest BCUT2D eigenvalue weighted by Crippen LogP contribution is -2.33. The van der Waals surface area contributed by atoms with Gasteiger partial charge in [-0.25, -0.2) is 0 Å². The zero-order valence-electron chi connectivity index (χ0n) is 17.3. The smallest absolute Gasteiger partial charge is 0.278 e. The molecule has 0 saturated heterocycles. The summed E-state index contributed by atoms with van der Waals surface area (Å²) in [6.45, 7) is 10.7. The average Bonchev–Trinajstić information content (AvgIpc) is 2.87. The van der Waals surface area contributed by atoms with Crippen molar-refractivity contribution in [3.05, 3.63) is 70.4 Å². The number of amides is 2. The first kappa shape index (κ1) is 19.9. The molecule has 4 heteroatoms. The van der Waals surface area contributed by atoms with Crippen LogP contribution in [0.4, 0.5) is 5.69 Å². The van der Waals surface area contributed by atoms with Crippen LogP contribution in [0.1, 0.15) is 55.4 Å². The predicted octanol–water partition coefficient (Wildman–Crippen LogP) is 5.03. The van der Waals surface area contributed by atoms with Crippen LogP contribution in [-0.2, 0) is 9.59 Å². The highest BCUT2D eigenvalue weighted by molar-refractivity contribution is 6.36. The standard InChI is InChI=1S/C24H28N2O2/c1-6-13-26-23(27)21(20-12-7-16(4)14-17(20)5)22(24(26)28)25-19-10-8-18(9-11-19)15(2)3/h7-12,14-15,25H,6,13H2,1-5H3. The zero-order valence-corrected chi connectivity index (χ0v) is 17.3. The van der Waals surface area contributed by atoms with Crippen molar-refractivity contribution in [2.45, 2.75) is 47.0 Å². The van der Waals surface area contributed by atoms with E-state index in [4.69, 9.17) is 0 Å². The van der Waals surface area contributed by atoms with Crippen molar-refractivity contribution in [1.29, 1.82) is 0 Å². The second kappa shape index (κ2) is 8.01. The van der Waals surface area contributed by atoms with Crippen LogP contribution in [0.2, 0.25) is 0 Å². The Bertz CT molecular complexity index is 940. The maximum Gasteiger partial charge on any atom is 0.278 e. The largest absolute Gasteiger partial charge is 0.350 e. The van der Waals surface area contributed by atoms with E-state index < -0.39 is 0 Å². The van der Waals surface area contributed by atoms with Crippen molar-refractivity contribution >= 4 is 23.1 Å². The van der Waals surface area contributed by atoms with Gasteiger partial charge in [0.25, 0.3) is 11.8 Å². The lowest BCUT2D eigenvalue weighted by Gasteiger charge is -2.14. The number of anilines is 1. The van der Waals surface area contributed by atoms with Gasteiger partial charge in [-0.05, 0) is 55.0 Å². The SMILES string of the molecule is CCCN1C(=O)C(Nc2ccc(C(C)C)cc2)=C(c2ccc(C)cc2C)C1=O. The molecule has 0 fully saturated rings. The molecule has 1 N–H and O–H groups in total. The highest BCUT2D eigenvalue weighted by Gasteiger charge is 2.39. The Labute approximate surface area is 167 Å². The molecule has 1 heterocycles. The molecule has 1 aliphatic rings. The topological polar surface area (TPSA) is 49.4 Å². The Hall–Kier alpha value is -2.88. The summed E-state index contributed by atoms with van der Waals surface area (Å²) in [4.78, 5) is 27.5. The van der Waals surface area contributed by atoms with E-state index in [-0.39, 0.29) is 11.8 Å². The lowest BCUT2D eigenvalue weighted by molar-refractivity contribution is -0.136. The van der Waals surface area contributed by atoms with Crippen molar-refractivity contribution in [1.82, 2.24) is 4.90 Å². The van der Waals surface area contributed by atoms with Gasteiger partial charge in [-0.15, -0.1) is 0 Å². The van der Waals surface area contributed by atoms with Gasteiger partial charge in [0.15, 0.2) is 0 Å². The molecule has 0 aromatic heterocycles. The highest BCUT2D eigenvalue weighted by Crippen LogP contribution is 2.32. The van der Waals surface area contributed by atoms with E-state index in [1.54, 1.807) is 0 Å². The molecule has 2 amide bonds. The number of nitrogens with one attached hydrogen (secondary N) is 1. The summed E-state index contributed by atoms with van der Waals surface area (Å²) >= 11 is 0. The maximum absolute atomic E-state index is 13.1. The second-order valence-corrected chi connectivity index (χ2v) is 7.73. The van der Waals surface area contributed by atoms with Gasteiger partial charge in [-0.2, -0.15) is 0 Å². The number of carbonyl (C=O) groups is 2. The molecule has 4 nitrogen and oxygen atoms in total. The molecule has 3 rings (SSSR count). The van der Waals surface area contributed by atoms with E-state index >= 15 is 0 Å². The van der Waals surface area contributed by atoms with E-state index in [2.05, 4.69) is 31.3 Å². The maximum atomic E-state index is 13.1. The van der Waals surface area contributed by atoms with Crippen molar-refractivity contribution in [3.8, 4) is 0 Å². The molecule has 1 aliphatic heterocycles. The summed E-state index contributed by atoms with van der Waals surface area (Å²) in [6.07, 6.45) is 0.730. The van der Waals surface area contributed by atoms with Gasteiger partial charge < -0.3 is 5.32 Å². The van der Waals surface area contributed by atoms with E-state index in [1.165, 1.54) is 10.5 Å². The third-order valence-electron chi connectivity index (χ3n) is 5.11. The van der Waals surface area contributed by atoms with Crippen molar-refractivity contribution < 1.29 is 9.59 Å². The first-order valence-corrected chi connectivity index (χ1v) is 9.88. The molecule has 2 aromatic rings. The van der Waals surface area contributed by atoms with Crippen LogP contribution in [0.3, 0.4) is 0 Å². The molecule has 0 saturated carbocycles. The molecular formula is C24H28N2O2. The van der Waals surface area contributed by atoms with Gasteiger partial charge in [-0.3, -0.25) is 14.5 Å². The van der Waals surface area contributed by atoms with Crippen molar-refractivity contribution in [3.63, 3.8) is 0 Å². The molecule has 0 spiro atoms. The molecule has 0 bridgehead atoms. The first-order chi connectivity index (χ1) is 13.3. The summed E-state index contributed by atoms with van der Waals surface area (Å²) in [7, 11) is 0. The number of imide groups is 1. The summed E-state index contributed by atoms with van der Waals surface area (Å²) in [5, 5.41) is 3.23. The van der Waals surface area contributed by atoms with Crippen LogP contribution in [0, 0.1) is 13.8 Å². The van der Waals surface area contributed by atoms with Gasteiger partial charge >= 0.3 is 0 Å². The van der Waals surface area contributed by atoms with E-state index in [1.807, 2.05) is 51.1 Å². The van der Waals surface area contributed by atoms with Gasteiger partial charge in [0.05, 0.1) is 5.57 Å². The van der Waals surface area contributed by atoms with E-state index in [9.17, 15) is 9.59 Å². The second-order valence-electron chi connectivity index (χ2n) is 7.73. The minimum absolute atomic E-state index is 0.222. The minimum atomic E-state index is -0.255. The monoisotopic (exact) mass is 376 g/mol. The lowest BCUT2D eigenvalue weighted by atomic mass is 9.97. The molecule has 0 aliphatic carbocycles. The third kappa shape index (κ3) is 3.72. The molecule has 28 heavy (non-hydrogen) atoms. The number of nitrogens with zero attached hydrogens (tertiary/aromatic N) is 1. The van der Waals surface area contributed by atoms with Crippen LogP contribution in [-0.4, -0.2) is 23.3 Å². The van der Waals surface area contributed by atoms with Gasteiger partial charge in [-0.1, -0.05) is 56.7 Å². The molecule has 0 atom stereocenters. The molecule has 0 radical (unpaired) electrons. The van der Waals surface area contributed by atoms with Crippen LogP contribution in [0.5, 0.6) is 0 Å². The normalized spacial score (nSPS) is 14.4. The van der Waals surface area contributed by atoms with Gasteiger partial charge in [0.2, 0.25) is 0 Å². The summed E-state index contributed by atoms with van der Waals surface area (Å²) < 4.78 is 0. The molecular weight excluding hydrogens is 348 g/mol. The zero-order chi connectivity index (χ0) is 20.4. The number of benzene rings is 2. The Morgan fingerprint density at radius 1 is 0.964 bits per heavy atom. The molecule has 0 unspecified atom stereocenters. The number of aryl methyl sites for hydroxylation is 2. The third-order valence-corrected chi connectivity index (χ3v) is 5.11. The van der Waals surface area contributed by atoms with Crippen LogP contribution in [0.15, 0.2) is 48.2 Å². The quantitative estimate of drug-likeness (QED) is 0.720. The highest BCUT2D eigenvalue weighted by atomic mass is 16.2. The fraction of sp³-hybridized carbons (Fsp3) is 0.333. The van der Waals surface area contributed by atoms with Crippen molar-refractivity contribution in [2.75, 3.05) is 11.9 Å². The van der Waals surface area contributed by atoms with E-state index in [0.717, 1.165) is 28.8 Å². The fourth-order valence-corrected chi connectivity index (χ4v) is 3.56. The first-order valence-electron chi connectivity index (χ1n) is 9.88. The van der Waals surface area contributed by atoms with Crippen molar-refractivity contribution in [2.24, 2.45) is 0 Å². The Kier molecular flexibility index (Phi) is 5.68. The van der Waals surface area contributed by atoms with Crippen LogP contribution in [0.25, 0.3) is 5.57 Å². The molecule has 2 aromatic carbocycles. The Balaban J connectivity index is 2.06. The number of hydrogen-bond donors (Lipinski definition) is 1. The van der Waals surface area contributed by atoms with Crippen LogP contribution < -0.4 is 5.32 Å². The fourth-order valence-electron chi connectivity index (χ4n) is 3.56. The average molecular weight is 377 g/mol. The van der Waals surface area contributed by atoms with Gasteiger partial charge in [0.1, 0.15) is 5.70 Å². The molecule has 146 valence electrons. The minimum Gasteiger partial charge on any atom is -0.350 e. The predicted molar refractivity (Wildman–Crippen MR) is 114 cm³/mol.